The zero-order valence-corrected chi connectivity index (χ0v) is 16.4. The summed E-state index contributed by atoms with van der Waals surface area (Å²) in [6.45, 7) is 2.11. The Kier molecular flexibility index (Phi) is 5.31. The van der Waals surface area contributed by atoms with Gasteiger partial charge in [0.1, 0.15) is 0 Å². The Morgan fingerprint density at radius 2 is 1.86 bits per heavy atom. The van der Waals surface area contributed by atoms with Gasteiger partial charge < -0.3 is 10.6 Å². The molecule has 146 valence electrons. The van der Waals surface area contributed by atoms with Gasteiger partial charge in [0, 0.05) is 28.9 Å². The van der Waals surface area contributed by atoms with Crippen LogP contribution in [0.4, 0.5) is 0 Å². The average molecular weight is 399 g/mol. The molecule has 28 heavy (non-hydrogen) atoms. The number of nitrogens with one attached hydrogen (secondary N) is 2. The van der Waals surface area contributed by atoms with E-state index in [1.165, 1.54) is 0 Å². The fraction of sp³-hybridized carbons (Fsp3) is 0.429. The van der Waals surface area contributed by atoms with Gasteiger partial charge in [-0.3, -0.25) is 9.59 Å². The molecule has 5 atom stereocenters. The average Bonchev–Trinajstić information content (AvgIpc) is 3.20. The molecule has 0 bridgehead atoms. The van der Waals surface area contributed by atoms with Crippen molar-refractivity contribution in [2.24, 2.45) is 17.8 Å². The van der Waals surface area contributed by atoms with Gasteiger partial charge in [-0.2, -0.15) is 5.10 Å². The second-order valence-electron chi connectivity index (χ2n) is 7.65. The Hall–Kier alpha value is -2.47. The van der Waals surface area contributed by atoms with Crippen LogP contribution < -0.4 is 10.6 Å². The zero-order valence-electron chi connectivity index (χ0n) is 15.6. The Morgan fingerprint density at radius 1 is 1.14 bits per heavy atom. The van der Waals surface area contributed by atoms with Crippen molar-refractivity contribution in [2.45, 2.75) is 38.3 Å². The molecule has 2 N–H and O–H groups in total. The maximum absolute atomic E-state index is 12.5. The SMILES string of the molecule is CCC(NC(=O)c1ccc(Cl)cc1)C1C2CC(NC(=O)c3cccnn3)C[C@@H]21. The van der Waals surface area contributed by atoms with Crippen LogP contribution in [0.15, 0.2) is 42.6 Å². The Labute approximate surface area is 169 Å². The van der Waals surface area contributed by atoms with E-state index in [4.69, 9.17) is 11.6 Å². The highest BCUT2D eigenvalue weighted by Crippen LogP contribution is 2.59. The number of halogens is 1. The van der Waals surface area contributed by atoms with Crippen molar-refractivity contribution in [3.8, 4) is 0 Å². The topological polar surface area (TPSA) is 84.0 Å². The zero-order chi connectivity index (χ0) is 19.7. The molecule has 7 heteroatoms. The van der Waals surface area contributed by atoms with E-state index >= 15 is 0 Å². The third-order valence-electron chi connectivity index (χ3n) is 5.98. The molecule has 0 radical (unpaired) electrons. The molecule has 2 saturated carbocycles. The lowest BCUT2D eigenvalue weighted by Crippen LogP contribution is -2.39. The van der Waals surface area contributed by atoms with Crippen molar-refractivity contribution in [3.05, 3.63) is 58.9 Å². The molecule has 1 aromatic heterocycles. The number of benzene rings is 1. The number of amides is 2. The van der Waals surface area contributed by atoms with Gasteiger partial charge in [0.15, 0.2) is 5.69 Å². The van der Waals surface area contributed by atoms with E-state index in [1.54, 1.807) is 42.6 Å². The molecule has 1 heterocycles. The monoisotopic (exact) mass is 398 g/mol. The van der Waals surface area contributed by atoms with Gasteiger partial charge in [-0.15, -0.1) is 5.10 Å². The van der Waals surface area contributed by atoms with E-state index < -0.39 is 0 Å². The molecule has 0 aliphatic heterocycles. The standard InChI is InChI=1S/C21H23ClN4O2/c1-2-17(25-20(27)12-5-7-13(22)8-6-12)19-15-10-14(11-16(15)19)24-21(28)18-4-3-9-23-26-18/h3-9,14-17,19H,2,10-11H2,1H3,(H,24,28)(H,25,27)/t14?,15-,16?,17?,19?/m0/s1. The summed E-state index contributed by atoms with van der Waals surface area (Å²) in [7, 11) is 0. The number of carbonyl (C=O) groups is 2. The summed E-state index contributed by atoms with van der Waals surface area (Å²) in [6, 6.07) is 10.7. The van der Waals surface area contributed by atoms with Gasteiger partial charge in [0.25, 0.3) is 11.8 Å². The van der Waals surface area contributed by atoms with E-state index in [2.05, 4.69) is 27.8 Å². The Morgan fingerprint density at radius 3 is 2.46 bits per heavy atom. The fourth-order valence-electron chi connectivity index (χ4n) is 4.61. The third-order valence-corrected chi connectivity index (χ3v) is 6.23. The number of hydrogen-bond acceptors (Lipinski definition) is 4. The highest BCUT2D eigenvalue weighted by molar-refractivity contribution is 6.30. The first-order valence-electron chi connectivity index (χ1n) is 9.71. The van der Waals surface area contributed by atoms with Crippen LogP contribution in [0.25, 0.3) is 0 Å². The quantitative estimate of drug-likeness (QED) is 0.783. The van der Waals surface area contributed by atoms with Crippen LogP contribution in [-0.2, 0) is 0 Å². The van der Waals surface area contributed by atoms with Crippen LogP contribution >= 0.6 is 11.6 Å². The minimum atomic E-state index is -0.168. The van der Waals surface area contributed by atoms with Gasteiger partial charge >= 0.3 is 0 Å². The minimum absolute atomic E-state index is 0.0546. The molecule has 2 aliphatic rings. The van der Waals surface area contributed by atoms with Gasteiger partial charge in [-0.25, -0.2) is 0 Å². The highest BCUT2D eigenvalue weighted by Gasteiger charge is 2.58. The van der Waals surface area contributed by atoms with Crippen molar-refractivity contribution in [1.82, 2.24) is 20.8 Å². The smallest absolute Gasteiger partial charge is 0.272 e. The van der Waals surface area contributed by atoms with Crippen LogP contribution in [0.2, 0.25) is 5.02 Å². The molecule has 1 aromatic carbocycles. The molecule has 4 rings (SSSR count). The van der Waals surface area contributed by atoms with Crippen LogP contribution in [0.5, 0.6) is 0 Å². The predicted octanol–water partition coefficient (Wildman–Crippen LogP) is 3.09. The normalized spacial score (nSPS) is 26.2. The number of nitrogens with zero attached hydrogens (tertiary/aromatic N) is 2. The van der Waals surface area contributed by atoms with Crippen LogP contribution in [0.3, 0.4) is 0 Å². The predicted molar refractivity (Wildman–Crippen MR) is 106 cm³/mol. The summed E-state index contributed by atoms with van der Waals surface area (Å²) in [5, 5.41) is 14.5. The summed E-state index contributed by atoms with van der Waals surface area (Å²) < 4.78 is 0. The molecule has 2 aliphatic carbocycles. The first-order chi connectivity index (χ1) is 13.6. The second-order valence-corrected chi connectivity index (χ2v) is 8.09. The van der Waals surface area contributed by atoms with Crippen molar-refractivity contribution in [2.75, 3.05) is 0 Å². The van der Waals surface area contributed by atoms with Crippen LogP contribution in [0.1, 0.15) is 47.0 Å². The summed E-state index contributed by atoms with van der Waals surface area (Å²) in [5.74, 6) is 1.39. The van der Waals surface area contributed by atoms with Crippen molar-refractivity contribution in [3.63, 3.8) is 0 Å². The summed E-state index contributed by atoms with van der Waals surface area (Å²) in [6.07, 6.45) is 4.35. The molecule has 2 fully saturated rings. The van der Waals surface area contributed by atoms with E-state index in [0.29, 0.717) is 34.0 Å². The Bertz CT molecular complexity index is 846. The molecule has 4 unspecified atom stereocenters. The molecular weight excluding hydrogens is 376 g/mol. The van der Waals surface area contributed by atoms with Crippen molar-refractivity contribution in [1.29, 1.82) is 0 Å². The number of aromatic nitrogens is 2. The lowest BCUT2D eigenvalue weighted by molar-refractivity contribution is 0.0926. The maximum atomic E-state index is 12.5. The Balaban J connectivity index is 1.30. The first-order valence-corrected chi connectivity index (χ1v) is 10.1. The third kappa shape index (κ3) is 3.87. The lowest BCUT2D eigenvalue weighted by atomic mass is 9.99. The number of hydrogen-bond donors (Lipinski definition) is 2. The van der Waals surface area contributed by atoms with Crippen molar-refractivity contribution < 1.29 is 9.59 Å². The van der Waals surface area contributed by atoms with E-state index in [0.717, 1.165) is 19.3 Å². The maximum Gasteiger partial charge on any atom is 0.272 e. The largest absolute Gasteiger partial charge is 0.349 e. The minimum Gasteiger partial charge on any atom is -0.349 e. The first kappa shape index (κ1) is 18.9. The van der Waals surface area contributed by atoms with E-state index in [9.17, 15) is 9.59 Å². The van der Waals surface area contributed by atoms with Gasteiger partial charge in [0.2, 0.25) is 0 Å². The number of fused-ring (bicyclic) bond motifs is 1. The van der Waals surface area contributed by atoms with Crippen molar-refractivity contribution >= 4 is 23.4 Å². The molecule has 2 amide bonds. The number of carbonyl (C=O) groups excluding carboxylic acids is 2. The fourth-order valence-corrected chi connectivity index (χ4v) is 4.74. The van der Waals surface area contributed by atoms with Crippen LogP contribution in [0, 0.1) is 17.8 Å². The molecule has 0 spiro atoms. The molecular formula is C21H23ClN4O2. The van der Waals surface area contributed by atoms with Gasteiger partial charge in [-0.05, 0) is 73.4 Å². The second kappa shape index (κ2) is 7.87. The molecule has 2 aromatic rings. The summed E-state index contributed by atoms with van der Waals surface area (Å²) in [4.78, 5) is 24.8. The van der Waals surface area contributed by atoms with Crippen LogP contribution in [-0.4, -0.2) is 34.1 Å². The lowest BCUT2D eigenvalue weighted by Gasteiger charge is -2.22. The number of rotatable bonds is 6. The summed E-state index contributed by atoms with van der Waals surface area (Å²) in [5.41, 5.74) is 0.976. The van der Waals surface area contributed by atoms with E-state index in [1.807, 2.05) is 0 Å². The molecule has 6 nitrogen and oxygen atoms in total. The molecule has 0 saturated heterocycles. The summed E-state index contributed by atoms with van der Waals surface area (Å²) >= 11 is 5.89. The van der Waals surface area contributed by atoms with E-state index in [-0.39, 0.29) is 23.9 Å². The van der Waals surface area contributed by atoms with Gasteiger partial charge in [-0.1, -0.05) is 18.5 Å². The van der Waals surface area contributed by atoms with Gasteiger partial charge in [0.05, 0.1) is 0 Å². The highest BCUT2D eigenvalue weighted by atomic mass is 35.5.